The fourth-order valence-corrected chi connectivity index (χ4v) is 3.47. The lowest BCUT2D eigenvalue weighted by Gasteiger charge is -2.32. The maximum atomic E-state index is 3.80. The van der Waals surface area contributed by atoms with E-state index in [-0.39, 0.29) is 0 Å². The molecule has 0 aromatic rings. The topological polar surface area (TPSA) is 12.0 Å². The molecule has 0 radical (unpaired) electrons. The third-order valence-corrected chi connectivity index (χ3v) is 5.00. The van der Waals surface area contributed by atoms with E-state index < -0.39 is 0 Å². The molecule has 1 N–H and O–H groups in total. The van der Waals surface area contributed by atoms with E-state index in [0.29, 0.717) is 0 Å². The van der Waals surface area contributed by atoms with Crippen molar-refractivity contribution in [2.24, 2.45) is 5.92 Å². The molecule has 0 amide bonds. The summed E-state index contributed by atoms with van der Waals surface area (Å²) in [6.07, 6.45) is 10.6. The van der Waals surface area contributed by atoms with Crippen LogP contribution in [0.15, 0.2) is 0 Å². The van der Waals surface area contributed by atoms with Gasteiger partial charge in [0, 0.05) is 11.3 Å². The minimum Gasteiger partial charge on any atom is -0.313 e. The van der Waals surface area contributed by atoms with E-state index in [1.165, 1.54) is 45.1 Å². The SMILES string of the molecule is CCC(CC)CNC1CCCCC1SC. The van der Waals surface area contributed by atoms with Crippen molar-refractivity contribution in [3.63, 3.8) is 0 Å². The molecule has 0 aromatic heterocycles. The summed E-state index contributed by atoms with van der Waals surface area (Å²) in [5.74, 6) is 0.884. The highest BCUT2D eigenvalue weighted by atomic mass is 32.2. The van der Waals surface area contributed by atoms with Gasteiger partial charge < -0.3 is 5.32 Å². The lowest BCUT2D eigenvalue weighted by molar-refractivity contribution is 0.346. The van der Waals surface area contributed by atoms with Crippen molar-refractivity contribution >= 4 is 11.8 Å². The summed E-state index contributed by atoms with van der Waals surface area (Å²) in [7, 11) is 0. The average molecular weight is 229 g/mol. The van der Waals surface area contributed by atoms with E-state index in [4.69, 9.17) is 0 Å². The third-order valence-electron chi connectivity index (χ3n) is 3.83. The van der Waals surface area contributed by atoms with Crippen LogP contribution < -0.4 is 5.32 Å². The van der Waals surface area contributed by atoms with Gasteiger partial charge in [0.2, 0.25) is 0 Å². The summed E-state index contributed by atoms with van der Waals surface area (Å²) in [4.78, 5) is 0. The molecule has 90 valence electrons. The maximum absolute atomic E-state index is 3.80. The van der Waals surface area contributed by atoms with Gasteiger partial charge in [-0.2, -0.15) is 11.8 Å². The molecular weight excluding hydrogens is 202 g/mol. The van der Waals surface area contributed by atoms with Crippen LogP contribution in [0.2, 0.25) is 0 Å². The van der Waals surface area contributed by atoms with Gasteiger partial charge in [0.15, 0.2) is 0 Å². The molecule has 0 bridgehead atoms. The minimum absolute atomic E-state index is 0.786. The van der Waals surface area contributed by atoms with Crippen LogP contribution in [0, 0.1) is 5.92 Å². The first-order valence-electron chi connectivity index (χ1n) is 6.57. The van der Waals surface area contributed by atoms with E-state index in [2.05, 4.69) is 37.2 Å². The smallest absolute Gasteiger partial charge is 0.0198 e. The summed E-state index contributed by atoms with van der Waals surface area (Å²) in [6.45, 7) is 5.85. The molecule has 1 fully saturated rings. The Kier molecular flexibility index (Phi) is 6.74. The zero-order valence-corrected chi connectivity index (χ0v) is 11.4. The molecule has 1 rings (SSSR count). The molecule has 0 aromatic carbocycles. The number of thioether (sulfide) groups is 1. The zero-order valence-electron chi connectivity index (χ0n) is 10.6. The first-order chi connectivity index (χ1) is 7.31. The fourth-order valence-electron chi connectivity index (χ4n) is 2.51. The van der Waals surface area contributed by atoms with E-state index in [0.717, 1.165) is 17.2 Å². The van der Waals surface area contributed by atoms with Crippen LogP contribution in [0.1, 0.15) is 52.4 Å². The highest BCUT2D eigenvalue weighted by Crippen LogP contribution is 2.27. The van der Waals surface area contributed by atoms with Crippen LogP contribution in [0.5, 0.6) is 0 Å². The van der Waals surface area contributed by atoms with E-state index >= 15 is 0 Å². The normalized spacial score (nSPS) is 27.2. The van der Waals surface area contributed by atoms with E-state index in [9.17, 15) is 0 Å². The second-order valence-electron chi connectivity index (χ2n) is 4.76. The highest BCUT2D eigenvalue weighted by Gasteiger charge is 2.23. The Morgan fingerprint density at radius 3 is 2.47 bits per heavy atom. The maximum Gasteiger partial charge on any atom is 0.0198 e. The monoisotopic (exact) mass is 229 g/mol. The predicted molar refractivity (Wildman–Crippen MR) is 71.6 cm³/mol. The zero-order chi connectivity index (χ0) is 11.1. The Labute approximate surface area is 99.8 Å². The lowest BCUT2D eigenvalue weighted by Crippen LogP contribution is -2.42. The first kappa shape index (κ1) is 13.4. The Balaban J connectivity index is 2.28. The van der Waals surface area contributed by atoms with Crippen molar-refractivity contribution in [2.75, 3.05) is 12.8 Å². The summed E-state index contributed by atoms with van der Waals surface area (Å²) < 4.78 is 0. The van der Waals surface area contributed by atoms with Crippen LogP contribution >= 0.6 is 11.8 Å². The molecule has 1 aliphatic carbocycles. The van der Waals surface area contributed by atoms with E-state index in [1.54, 1.807) is 0 Å². The second-order valence-corrected chi connectivity index (χ2v) is 5.83. The standard InChI is InChI=1S/C13H27NS/c1-4-11(5-2)10-14-12-8-6-7-9-13(12)15-3/h11-14H,4-10H2,1-3H3. The molecule has 1 aliphatic rings. The van der Waals surface area contributed by atoms with Crippen molar-refractivity contribution in [3.05, 3.63) is 0 Å². The molecule has 2 heteroatoms. The Bertz CT molecular complexity index is 157. The van der Waals surface area contributed by atoms with Gasteiger partial charge in [0.25, 0.3) is 0 Å². The number of nitrogens with one attached hydrogen (secondary N) is 1. The molecular formula is C13H27NS. The van der Waals surface area contributed by atoms with E-state index in [1.807, 2.05) is 0 Å². The summed E-state index contributed by atoms with van der Waals surface area (Å²) >= 11 is 2.06. The Hall–Kier alpha value is 0.310. The van der Waals surface area contributed by atoms with Crippen molar-refractivity contribution < 1.29 is 0 Å². The molecule has 0 aliphatic heterocycles. The van der Waals surface area contributed by atoms with Crippen molar-refractivity contribution in [3.8, 4) is 0 Å². The molecule has 1 saturated carbocycles. The van der Waals surface area contributed by atoms with Crippen molar-refractivity contribution in [1.82, 2.24) is 5.32 Å². The van der Waals surface area contributed by atoms with Gasteiger partial charge in [-0.3, -0.25) is 0 Å². The molecule has 0 spiro atoms. The van der Waals surface area contributed by atoms with Gasteiger partial charge in [-0.1, -0.05) is 39.5 Å². The number of hydrogen-bond acceptors (Lipinski definition) is 2. The van der Waals surface area contributed by atoms with Crippen molar-refractivity contribution in [2.45, 2.75) is 63.7 Å². The van der Waals surface area contributed by atoms with Gasteiger partial charge in [-0.25, -0.2) is 0 Å². The molecule has 2 unspecified atom stereocenters. The van der Waals surface area contributed by atoms with Crippen LogP contribution in [0.4, 0.5) is 0 Å². The average Bonchev–Trinajstić information content (AvgIpc) is 2.31. The molecule has 2 atom stereocenters. The van der Waals surface area contributed by atoms with Crippen molar-refractivity contribution in [1.29, 1.82) is 0 Å². The lowest BCUT2D eigenvalue weighted by atomic mass is 9.94. The van der Waals surface area contributed by atoms with Crippen LogP contribution in [-0.4, -0.2) is 24.1 Å². The predicted octanol–water partition coefficient (Wildman–Crippen LogP) is 3.69. The summed E-state index contributed by atoms with van der Waals surface area (Å²) in [5.41, 5.74) is 0. The Morgan fingerprint density at radius 1 is 1.20 bits per heavy atom. The van der Waals surface area contributed by atoms with Gasteiger partial charge in [-0.15, -0.1) is 0 Å². The molecule has 0 saturated heterocycles. The third kappa shape index (κ3) is 4.36. The minimum atomic E-state index is 0.786. The number of hydrogen-bond donors (Lipinski definition) is 1. The summed E-state index contributed by atoms with van der Waals surface area (Å²) in [6, 6.07) is 0.786. The van der Waals surface area contributed by atoms with Crippen LogP contribution in [0.3, 0.4) is 0 Å². The first-order valence-corrected chi connectivity index (χ1v) is 7.86. The van der Waals surface area contributed by atoms with Gasteiger partial charge in [0.1, 0.15) is 0 Å². The molecule has 0 heterocycles. The Morgan fingerprint density at radius 2 is 1.87 bits per heavy atom. The van der Waals surface area contributed by atoms with Crippen LogP contribution in [-0.2, 0) is 0 Å². The summed E-state index contributed by atoms with van der Waals surface area (Å²) in [5, 5.41) is 4.67. The second kappa shape index (κ2) is 7.56. The quantitative estimate of drug-likeness (QED) is 0.745. The van der Waals surface area contributed by atoms with Gasteiger partial charge >= 0.3 is 0 Å². The van der Waals surface area contributed by atoms with Gasteiger partial charge in [0.05, 0.1) is 0 Å². The van der Waals surface area contributed by atoms with Gasteiger partial charge in [-0.05, 0) is 31.6 Å². The molecule has 15 heavy (non-hydrogen) atoms. The van der Waals surface area contributed by atoms with Crippen LogP contribution in [0.25, 0.3) is 0 Å². The largest absolute Gasteiger partial charge is 0.313 e. The number of rotatable bonds is 6. The highest BCUT2D eigenvalue weighted by molar-refractivity contribution is 7.99. The molecule has 1 nitrogen and oxygen atoms in total. The fraction of sp³-hybridized carbons (Fsp3) is 1.00.